The lowest BCUT2D eigenvalue weighted by atomic mass is 10.2. The Morgan fingerprint density at radius 1 is 0.960 bits per heavy atom. The molecule has 1 fully saturated rings. The van der Waals surface area contributed by atoms with Gasteiger partial charge in [-0.2, -0.15) is 5.10 Å². The molecule has 0 N–H and O–H groups in total. The van der Waals surface area contributed by atoms with Crippen LogP contribution in [0.25, 0.3) is 17.3 Å². The molecular weight excluding hydrogens is 316 g/mol. The summed E-state index contributed by atoms with van der Waals surface area (Å²) in [4.78, 5) is 15.8. The second-order valence-corrected chi connectivity index (χ2v) is 6.08. The van der Waals surface area contributed by atoms with E-state index >= 15 is 0 Å². The molecule has 0 spiro atoms. The summed E-state index contributed by atoms with van der Waals surface area (Å²) >= 11 is 0. The zero-order chi connectivity index (χ0) is 17.2. The minimum absolute atomic E-state index is 0.557. The number of nitrogens with zero attached hydrogens (tertiary/aromatic N) is 6. The van der Waals surface area contributed by atoms with Gasteiger partial charge >= 0.3 is 0 Å². The minimum Gasteiger partial charge on any atom is -0.378 e. The van der Waals surface area contributed by atoms with Crippen LogP contribution in [0.15, 0.2) is 36.7 Å². The Bertz CT molecular complexity index is 885. The van der Waals surface area contributed by atoms with E-state index in [4.69, 9.17) is 4.74 Å². The van der Waals surface area contributed by atoms with Crippen molar-refractivity contribution in [2.24, 2.45) is 0 Å². The van der Waals surface area contributed by atoms with Crippen molar-refractivity contribution in [3.63, 3.8) is 0 Å². The van der Waals surface area contributed by atoms with Crippen LogP contribution in [0.1, 0.15) is 11.4 Å². The average molecular weight is 336 g/mol. The highest BCUT2D eigenvalue weighted by Crippen LogP contribution is 2.22. The fraction of sp³-hybridized carbons (Fsp3) is 0.333. The highest BCUT2D eigenvalue weighted by atomic mass is 16.5. The van der Waals surface area contributed by atoms with Crippen LogP contribution < -0.4 is 4.90 Å². The molecule has 3 aromatic rings. The van der Waals surface area contributed by atoms with Gasteiger partial charge in [0.2, 0.25) is 0 Å². The van der Waals surface area contributed by atoms with Gasteiger partial charge in [0.1, 0.15) is 0 Å². The lowest BCUT2D eigenvalue weighted by Crippen LogP contribution is -2.36. The van der Waals surface area contributed by atoms with Crippen molar-refractivity contribution in [1.82, 2.24) is 24.7 Å². The van der Waals surface area contributed by atoms with Crippen molar-refractivity contribution >= 4 is 5.69 Å². The Hall–Kier alpha value is -2.80. The third-order valence-electron chi connectivity index (χ3n) is 4.22. The number of hydrogen-bond donors (Lipinski definition) is 0. The van der Waals surface area contributed by atoms with Crippen LogP contribution >= 0.6 is 0 Å². The molecule has 128 valence electrons. The standard InChI is InChI=1S/C18H20N6O/c1-13-11-14(2)24(22-13)18-20-6-4-16(21-18)17-12-15(3-5-19-17)23-7-9-25-10-8-23/h3-6,11-12H,7-10H2,1-2H3. The summed E-state index contributed by atoms with van der Waals surface area (Å²) in [5.74, 6) is 0.557. The first-order valence-electron chi connectivity index (χ1n) is 8.36. The number of aryl methyl sites for hydroxylation is 2. The minimum atomic E-state index is 0.557. The molecule has 25 heavy (non-hydrogen) atoms. The van der Waals surface area contributed by atoms with Crippen LogP contribution in [0.2, 0.25) is 0 Å². The number of rotatable bonds is 3. The van der Waals surface area contributed by atoms with Gasteiger partial charge < -0.3 is 9.64 Å². The Labute approximate surface area is 146 Å². The highest BCUT2D eigenvalue weighted by molar-refractivity contribution is 5.61. The van der Waals surface area contributed by atoms with Crippen LogP contribution in [-0.2, 0) is 4.74 Å². The monoisotopic (exact) mass is 336 g/mol. The summed E-state index contributed by atoms with van der Waals surface area (Å²) in [7, 11) is 0. The smallest absolute Gasteiger partial charge is 0.251 e. The van der Waals surface area contributed by atoms with Crippen molar-refractivity contribution in [1.29, 1.82) is 0 Å². The molecule has 0 unspecified atom stereocenters. The highest BCUT2D eigenvalue weighted by Gasteiger charge is 2.14. The summed E-state index contributed by atoms with van der Waals surface area (Å²) in [5, 5.41) is 4.46. The van der Waals surface area contributed by atoms with E-state index in [0.29, 0.717) is 5.95 Å². The van der Waals surface area contributed by atoms with Crippen LogP contribution in [0.5, 0.6) is 0 Å². The molecule has 4 rings (SSSR count). The fourth-order valence-electron chi connectivity index (χ4n) is 3.00. The van der Waals surface area contributed by atoms with Crippen molar-refractivity contribution in [2.75, 3.05) is 31.2 Å². The predicted molar refractivity (Wildman–Crippen MR) is 94.9 cm³/mol. The second kappa shape index (κ2) is 6.60. The first-order chi connectivity index (χ1) is 12.2. The molecule has 0 saturated carbocycles. The van der Waals surface area contributed by atoms with Crippen molar-refractivity contribution in [3.05, 3.63) is 48.0 Å². The summed E-state index contributed by atoms with van der Waals surface area (Å²) in [6, 6.07) is 7.98. The van der Waals surface area contributed by atoms with Gasteiger partial charge in [0.05, 0.1) is 30.3 Å². The first kappa shape index (κ1) is 15.7. The maximum atomic E-state index is 5.43. The Morgan fingerprint density at radius 2 is 1.76 bits per heavy atom. The molecule has 0 atom stereocenters. The van der Waals surface area contributed by atoms with Gasteiger partial charge in [-0.05, 0) is 38.1 Å². The maximum absolute atomic E-state index is 5.43. The lowest BCUT2D eigenvalue weighted by Gasteiger charge is -2.28. The molecule has 0 aliphatic carbocycles. The molecular formula is C18H20N6O. The van der Waals surface area contributed by atoms with E-state index in [1.807, 2.05) is 38.2 Å². The molecule has 3 aromatic heterocycles. The SMILES string of the molecule is Cc1cc(C)n(-c2nccc(-c3cc(N4CCOCC4)ccn3)n2)n1. The number of anilines is 1. The quantitative estimate of drug-likeness (QED) is 0.730. The van der Waals surface area contributed by atoms with Crippen LogP contribution in [0, 0.1) is 13.8 Å². The third kappa shape index (κ3) is 3.23. The van der Waals surface area contributed by atoms with Crippen LogP contribution in [0.4, 0.5) is 5.69 Å². The summed E-state index contributed by atoms with van der Waals surface area (Å²) in [5.41, 5.74) is 4.70. The number of ether oxygens (including phenoxy) is 1. The molecule has 0 bridgehead atoms. The lowest BCUT2D eigenvalue weighted by molar-refractivity contribution is 0.122. The summed E-state index contributed by atoms with van der Waals surface area (Å²) in [6.07, 6.45) is 3.57. The van der Waals surface area contributed by atoms with Gasteiger partial charge in [0.15, 0.2) is 0 Å². The van der Waals surface area contributed by atoms with Gasteiger partial charge in [-0.15, -0.1) is 0 Å². The van der Waals surface area contributed by atoms with Crippen LogP contribution in [-0.4, -0.2) is 51.0 Å². The Balaban J connectivity index is 1.68. The number of hydrogen-bond acceptors (Lipinski definition) is 6. The topological polar surface area (TPSA) is 69.0 Å². The Morgan fingerprint density at radius 3 is 2.52 bits per heavy atom. The third-order valence-corrected chi connectivity index (χ3v) is 4.22. The molecule has 1 aliphatic heterocycles. The normalized spacial score (nSPS) is 14.7. The summed E-state index contributed by atoms with van der Waals surface area (Å²) in [6.45, 7) is 7.25. The van der Waals surface area contributed by atoms with Gasteiger partial charge in [-0.25, -0.2) is 14.6 Å². The largest absolute Gasteiger partial charge is 0.378 e. The molecule has 0 amide bonds. The molecule has 1 aliphatic rings. The number of morpholine rings is 1. The van der Waals surface area contributed by atoms with E-state index in [1.54, 1.807) is 10.9 Å². The van der Waals surface area contributed by atoms with Crippen molar-refractivity contribution in [3.8, 4) is 17.3 Å². The number of pyridine rings is 1. The number of aromatic nitrogens is 5. The molecule has 0 aromatic carbocycles. The zero-order valence-electron chi connectivity index (χ0n) is 14.4. The summed E-state index contributed by atoms with van der Waals surface area (Å²) < 4.78 is 7.18. The molecule has 1 saturated heterocycles. The first-order valence-corrected chi connectivity index (χ1v) is 8.36. The average Bonchev–Trinajstić information content (AvgIpc) is 3.01. The zero-order valence-corrected chi connectivity index (χ0v) is 14.4. The van der Waals surface area contributed by atoms with Gasteiger partial charge in [-0.3, -0.25) is 4.98 Å². The van der Waals surface area contributed by atoms with Gasteiger partial charge in [-0.1, -0.05) is 0 Å². The second-order valence-electron chi connectivity index (χ2n) is 6.08. The van der Waals surface area contributed by atoms with Crippen molar-refractivity contribution < 1.29 is 4.74 Å². The molecule has 0 radical (unpaired) electrons. The van der Waals surface area contributed by atoms with Crippen LogP contribution in [0.3, 0.4) is 0 Å². The molecule has 4 heterocycles. The van der Waals surface area contributed by atoms with E-state index < -0.39 is 0 Å². The van der Waals surface area contributed by atoms with Crippen molar-refractivity contribution in [2.45, 2.75) is 13.8 Å². The van der Waals surface area contributed by atoms with E-state index in [2.05, 4.69) is 31.0 Å². The molecule has 7 heteroatoms. The predicted octanol–water partition coefficient (Wildman–Crippen LogP) is 2.18. The molecule has 7 nitrogen and oxygen atoms in total. The van der Waals surface area contributed by atoms with E-state index in [-0.39, 0.29) is 0 Å². The van der Waals surface area contributed by atoms with E-state index in [9.17, 15) is 0 Å². The van der Waals surface area contributed by atoms with E-state index in [0.717, 1.165) is 54.8 Å². The maximum Gasteiger partial charge on any atom is 0.251 e. The van der Waals surface area contributed by atoms with Gasteiger partial charge in [0.25, 0.3) is 5.95 Å². The van der Waals surface area contributed by atoms with E-state index in [1.165, 1.54) is 0 Å². The van der Waals surface area contributed by atoms with Gasteiger partial charge in [0, 0.05) is 36.9 Å². The Kier molecular flexibility index (Phi) is 4.15. The fourth-order valence-corrected chi connectivity index (χ4v) is 3.00.